The first kappa shape index (κ1) is 60.4. The van der Waals surface area contributed by atoms with E-state index in [9.17, 15) is 75.4 Å². The van der Waals surface area contributed by atoms with E-state index in [1.54, 1.807) is 6.07 Å². The van der Waals surface area contributed by atoms with Crippen LogP contribution in [-0.4, -0.2) is 106 Å². The number of aliphatic hydroxyl groups excluding tert-OH is 2. The monoisotopic (exact) mass is 1090 g/mol. The van der Waals surface area contributed by atoms with E-state index in [1.807, 2.05) is 0 Å². The minimum absolute atomic E-state index is 0.000146. The van der Waals surface area contributed by atoms with Crippen LogP contribution in [0.1, 0.15) is 71.9 Å². The Hall–Kier alpha value is -10.2. The third-order valence-corrected chi connectivity index (χ3v) is 11.0. The van der Waals surface area contributed by atoms with E-state index < -0.39 is 88.2 Å². The number of aromatic hydroxyl groups is 4. The van der Waals surface area contributed by atoms with Crippen molar-refractivity contribution in [2.24, 2.45) is 0 Å². The zero-order valence-corrected chi connectivity index (χ0v) is 42.4. The Kier molecular flexibility index (Phi) is 21.6. The number of phenolic OH excluding ortho intramolecular Hbond substituents is 4. The van der Waals surface area contributed by atoms with Gasteiger partial charge in [0.2, 0.25) is 0 Å². The lowest BCUT2D eigenvalue weighted by atomic mass is 10.0. The summed E-state index contributed by atoms with van der Waals surface area (Å²) >= 11 is 0. The number of phenols is 4. The molecule has 1 atom stereocenters. The van der Waals surface area contributed by atoms with Gasteiger partial charge in [-0.2, -0.15) is 0 Å². The molecule has 27 heteroatoms. The number of nitrogens with zero attached hydrogens (tertiary/aromatic N) is 3. The van der Waals surface area contributed by atoms with Gasteiger partial charge in [0.15, 0.2) is 57.5 Å². The number of methoxy groups -OCH3 is 6. The lowest BCUT2D eigenvalue weighted by Crippen LogP contribution is -2.13. The van der Waals surface area contributed by atoms with Crippen LogP contribution >= 0.6 is 0 Å². The molecule has 0 bridgehead atoms. The third-order valence-electron chi connectivity index (χ3n) is 11.0. The van der Waals surface area contributed by atoms with Crippen molar-refractivity contribution in [2.75, 3.05) is 42.7 Å². The van der Waals surface area contributed by atoms with E-state index in [2.05, 4.69) is 0 Å². The molecule has 0 aliphatic carbocycles. The topological polar surface area (TPSA) is 385 Å². The van der Waals surface area contributed by atoms with Crippen LogP contribution in [0.2, 0.25) is 0 Å². The zero-order chi connectivity index (χ0) is 58.0. The highest BCUT2D eigenvalue weighted by atomic mass is 16.6. The van der Waals surface area contributed by atoms with Gasteiger partial charge >= 0.3 is 17.9 Å². The third kappa shape index (κ3) is 14.0. The van der Waals surface area contributed by atoms with E-state index >= 15 is 0 Å². The van der Waals surface area contributed by atoms with Crippen LogP contribution in [-0.2, 0) is 40.6 Å². The Morgan fingerprint density at radius 2 is 0.859 bits per heavy atom. The molecular formula is C51H51N3O24. The quantitative estimate of drug-likeness (QED) is 0.0144. The molecule has 0 radical (unpaired) electrons. The van der Waals surface area contributed by atoms with E-state index in [4.69, 9.17) is 42.6 Å². The number of esters is 3. The van der Waals surface area contributed by atoms with Crippen molar-refractivity contribution in [2.45, 2.75) is 39.5 Å². The Bertz CT molecular complexity index is 3160. The Labute approximate surface area is 441 Å². The molecule has 0 saturated carbocycles. The molecule has 0 fully saturated rings. The molecule has 1 unspecified atom stereocenters. The first-order valence-electron chi connectivity index (χ1n) is 22.2. The average molecular weight is 1090 g/mol. The smallest absolute Gasteiger partial charge is 0.342 e. The Morgan fingerprint density at radius 1 is 0.487 bits per heavy atom. The molecule has 0 aromatic heterocycles. The summed E-state index contributed by atoms with van der Waals surface area (Å²) in [5, 5.41) is 91.1. The van der Waals surface area contributed by atoms with Gasteiger partial charge in [0.1, 0.15) is 47.1 Å². The number of hydrogen-bond donors (Lipinski definition) is 6. The largest absolute Gasteiger partial charge is 0.504 e. The van der Waals surface area contributed by atoms with Crippen LogP contribution in [0.15, 0.2) is 91.0 Å². The second-order valence-corrected chi connectivity index (χ2v) is 15.4. The van der Waals surface area contributed by atoms with Gasteiger partial charge in [-0.1, -0.05) is 30.3 Å². The number of carbonyl (C=O) groups excluding carboxylic acids is 3. The van der Waals surface area contributed by atoms with Crippen molar-refractivity contribution < 1.29 is 102 Å². The lowest BCUT2D eigenvalue weighted by Gasteiger charge is -2.18. The van der Waals surface area contributed by atoms with Crippen LogP contribution in [0, 0.1) is 30.3 Å². The summed E-state index contributed by atoms with van der Waals surface area (Å²) in [6.45, 7) is -0.394. The molecule has 78 heavy (non-hydrogen) atoms. The Balaban J connectivity index is 0.000000253. The molecule has 0 saturated heterocycles. The number of ether oxygens (including phenoxy) is 9. The van der Waals surface area contributed by atoms with Crippen molar-refractivity contribution in [1.29, 1.82) is 0 Å². The first-order chi connectivity index (χ1) is 37.2. The van der Waals surface area contributed by atoms with E-state index in [1.165, 1.54) is 135 Å². The fourth-order valence-corrected chi connectivity index (χ4v) is 7.35. The highest BCUT2D eigenvalue weighted by molar-refractivity contribution is 5.94. The van der Waals surface area contributed by atoms with Crippen molar-refractivity contribution >= 4 is 35.0 Å². The number of carbonyl (C=O) groups is 3. The van der Waals surface area contributed by atoms with Crippen LogP contribution in [0.25, 0.3) is 0 Å². The Morgan fingerprint density at radius 3 is 1.24 bits per heavy atom. The number of rotatable bonds is 20. The molecule has 0 spiro atoms. The first-order valence-corrected chi connectivity index (χ1v) is 22.2. The maximum absolute atomic E-state index is 12.5. The van der Waals surface area contributed by atoms with Gasteiger partial charge in [0, 0.05) is 18.2 Å². The normalized spacial score (nSPS) is 10.7. The summed E-state index contributed by atoms with van der Waals surface area (Å²) in [5.41, 5.74) is -0.867. The van der Waals surface area contributed by atoms with Crippen LogP contribution < -0.4 is 28.4 Å². The number of para-hydroxylation sites is 2. The van der Waals surface area contributed by atoms with Crippen molar-refractivity contribution in [3.63, 3.8) is 0 Å². The van der Waals surface area contributed by atoms with Crippen molar-refractivity contribution in [1.82, 2.24) is 0 Å². The number of aliphatic hydroxyl groups is 2. The molecule has 6 aromatic carbocycles. The van der Waals surface area contributed by atoms with Gasteiger partial charge in [0.25, 0.3) is 17.1 Å². The molecule has 27 nitrogen and oxygen atoms in total. The highest BCUT2D eigenvalue weighted by Gasteiger charge is 2.31. The van der Waals surface area contributed by atoms with Gasteiger partial charge in [-0.05, 0) is 60.5 Å². The summed E-state index contributed by atoms with van der Waals surface area (Å²) in [4.78, 5) is 68.9. The zero-order valence-electron chi connectivity index (χ0n) is 42.4. The van der Waals surface area contributed by atoms with Gasteiger partial charge in [-0.3, -0.25) is 30.3 Å². The number of benzene rings is 6. The number of hydrogen-bond acceptors (Lipinski definition) is 24. The van der Waals surface area contributed by atoms with Gasteiger partial charge in [0.05, 0.1) is 76.2 Å². The molecule has 0 aliphatic rings. The maximum Gasteiger partial charge on any atom is 0.342 e. The number of nitro groups is 3. The van der Waals surface area contributed by atoms with Gasteiger partial charge in [-0.25, -0.2) is 14.4 Å². The van der Waals surface area contributed by atoms with E-state index in [0.29, 0.717) is 0 Å². The predicted molar refractivity (Wildman–Crippen MR) is 269 cm³/mol. The molecule has 0 aliphatic heterocycles. The van der Waals surface area contributed by atoms with Crippen molar-refractivity contribution in [3.05, 3.63) is 166 Å². The number of nitro benzene ring substituents is 3. The summed E-state index contributed by atoms with van der Waals surface area (Å²) in [7, 11) is 8.04. The highest BCUT2D eigenvalue weighted by Crippen LogP contribution is 2.44. The molecule has 0 amide bonds. The minimum atomic E-state index is -1.10. The minimum Gasteiger partial charge on any atom is -0.504 e. The van der Waals surface area contributed by atoms with Gasteiger partial charge in [-0.15, -0.1) is 0 Å². The van der Waals surface area contributed by atoms with Gasteiger partial charge < -0.3 is 73.3 Å². The van der Waals surface area contributed by atoms with Crippen molar-refractivity contribution in [3.8, 4) is 57.5 Å². The summed E-state index contributed by atoms with van der Waals surface area (Å²) in [5.74, 6) is -4.10. The molecular weight excluding hydrogens is 1040 g/mol. The average Bonchev–Trinajstić information content (AvgIpc) is 3.43. The molecule has 6 rings (SSSR count). The summed E-state index contributed by atoms with van der Waals surface area (Å²) in [6.07, 6.45) is -1.10. The van der Waals surface area contributed by atoms with E-state index in [-0.39, 0.29) is 96.1 Å². The molecule has 6 aromatic rings. The fourth-order valence-electron chi connectivity index (χ4n) is 7.35. The van der Waals surface area contributed by atoms with Crippen LogP contribution in [0.4, 0.5) is 17.1 Å². The molecule has 0 heterocycles. The molecule has 6 N–H and O–H groups in total. The summed E-state index contributed by atoms with van der Waals surface area (Å²) < 4.78 is 46.3. The lowest BCUT2D eigenvalue weighted by molar-refractivity contribution is -0.386. The predicted octanol–water partition coefficient (Wildman–Crippen LogP) is 7.28. The molecule has 414 valence electrons. The van der Waals surface area contributed by atoms with Crippen LogP contribution in [0.5, 0.6) is 57.5 Å². The van der Waals surface area contributed by atoms with E-state index in [0.717, 1.165) is 0 Å². The fraction of sp³-hybridized carbons (Fsp3) is 0.235. The summed E-state index contributed by atoms with van der Waals surface area (Å²) in [6, 6.07) is 20.0. The SMILES string of the molecule is COc1ccc([N+](=O)[O-])c(C(C)OC(=O)c2cccc(O)c2O)c1OC.COc1ccc([N+](=O)[O-])c(COC(=O)c2c(CO)cccc2CO)c1OC.COc1ccc([N+](=O)[O-])c(COC(=O)c2cccc(O)c2O)c1OC. The van der Waals surface area contributed by atoms with Crippen LogP contribution in [0.3, 0.4) is 0 Å². The maximum atomic E-state index is 12.5. The standard InChI is InChI=1S/C18H19NO8.C17H17NO8.C16H15NO8/c1-25-15-7-6-14(19(23)24)13(17(15)26-2)10-27-18(22)16-11(8-20)4-3-5-12(16)9-21;1-9(26-17(21)10-5-4-6-12(19)15(10)20)14-11(18(22)23)7-8-13(24-2)16(14)25-3;1-23-13-7-6-11(17(21)22)10(15(13)24-2)8-25-16(20)9-4-3-5-12(18)14(9)19/h3-7,20-21H,8-10H2,1-2H3;4-9,19-20H,1-3H3;3-7,18-19H,8H2,1-2H3. The second kappa shape index (κ2) is 27.9. The second-order valence-electron chi connectivity index (χ2n) is 15.4.